The summed E-state index contributed by atoms with van der Waals surface area (Å²) in [6.45, 7) is 2.13. The van der Waals surface area contributed by atoms with Gasteiger partial charge in [0.25, 0.3) is 5.91 Å². The van der Waals surface area contributed by atoms with Crippen LogP contribution in [0.4, 0.5) is 5.69 Å². The third kappa shape index (κ3) is 6.30. The lowest BCUT2D eigenvalue weighted by atomic mass is 10.1. The van der Waals surface area contributed by atoms with E-state index in [1.165, 1.54) is 0 Å². The molecule has 0 fully saturated rings. The number of anilines is 1. The Bertz CT molecular complexity index is 707. The second kappa shape index (κ2) is 8.87. The molecular weight excluding hydrogens is 316 g/mol. The van der Waals surface area contributed by atoms with Gasteiger partial charge in [-0.1, -0.05) is 42.0 Å². The van der Waals surface area contributed by atoms with Crippen molar-refractivity contribution in [3.63, 3.8) is 0 Å². The highest BCUT2D eigenvalue weighted by atomic mass is 16.5. The second-order valence-electron chi connectivity index (χ2n) is 6.16. The van der Waals surface area contributed by atoms with Crippen LogP contribution in [-0.4, -0.2) is 32.6 Å². The van der Waals surface area contributed by atoms with Gasteiger partial charge < -0.3 is 15.0 Å². The Kier molecular flexibility index (Phi) is 6.57. The number of rotatable bonds is 7. The van der Waals surface area contributed by atoms with Gasteiger partial charge in [-0.2, -0.15) is 0 Å². The van der Waals surface area contributed by atoms with Crippen LogP contribution in [0.15, 0.2) is 48.5 Å². The maximum Gasteiger partial charge on any atom is 0.310 e. The Hall–Kier alpha value is -2.82. The molecule has 0 bridgehead atoms. The van der Waals surface area contributed by atoms with E-state index in [0.717, 1.165) is 22.4 Å². The average Bonchev–Trinajstić information content (AvgIpc) is 2.60. The minimum atomic E-state index is -0.408. The van der Waals surface area contributed by atoms with Gasteiger partial charge in [-0.05, 0) is 30.2 Å². The third-order valence-electron chi connectivity index (χ3n) is 3.78. The molecule has 1 amide bonds. The molecule has 25 heavy (non-hydrogen) atoms. The zero-order valence-electron chi connectivity index (χ0n) is 14.9. The van der Waals surface area contributed by atoms with Crippen LogP contribution in [0.5, 0.6) is 0 Å². The molecule has 0 unspecified atom stereocenters. The Morgan fingerprint density at radius 1 is 0.960 bits per heavy atom. The number of esters is 1. The summed E-state index contributed by atoms with van der Waals surface area (Å²) in [4.78, 5) is 25.6. The fourth-order valence-corrected chi connectivity index (χ4v) is 2.23. The van der Waals surface area contributed by atoms with Crippen molar-refractivity contribution in [2.45, 2.75) is 19.9 Å². The molecule has 1 N–H and O–H groups in total. The van der Waals surface area contributed by atoms with Gasteiger partial charge in [0.2, 0.25) is 0 Å². The molecule has 5 nitrogen and oxygen atoms in total. The Balaban J connectivity index is 1.71. The smallest absolute Gasteiger partial charge is 0.310 e. The first kappa shape index (κ1) is 18.5. The maximum atomic E-state index is 11.8. The van der Waals surface area contributed by atoms with Crippen LogP contribution < -0.4 is 10.2 Å². The molecule has 2 aromatic carbocycles. The van der Waals surface area contributed by atoms with Crippen LogP contribution in [0.1, 0.15) is 16.7 Å². The number of hydrogen-bond acceptors (Lipinski definition) is 4. The lowest BCUT2D eigenvalue weighted by Gasteiger charge is -2.13. The minimum Gasteiger partial charge on any atom is -0.455 e. The van der Waals surface area contributed by atoms with Crippen LogP contribution in [0.25, 0.3) is 0 Å². The molecule has 0 aliphatic rings. The summed E-state index contributed by atoms with van der Waals surface area (Å²) >= 11 is 0. The molecule has 2 aromatic rings. The summed E-state index contributed by atoms with van der Waals surface area (Å²) in [7, 11) is 3.95. The predicted molar refractivity (Wildman–Crippen MR) is 98.5 cm³/mol. The zero-order valence-corrected chi connectivity index (χ0v) is 14.9. The number of amides is 1. The van der Waals surface area contributed by atoms with Gasteiger partial charge in [0.1, 0.15) is 0 Å². The summed E-state index contributed by atoms with van der Waals surface area (Å²) in [5.41, 5.74) is 4.09. The third-order valence-corrected chi connectivity index (χ3v) is 3.78. The average molecular weight is 340 g/mol. The Labute approximate surface area is 148 Å². The Morgan fingerprint density at radius 2 is 1.56 bits per heavy atom. The molecular formula is C20H24N2O3. The highest BCUT2D eigenvalue weighted by Crippen LogP contribution is 2.12. The van der Waals surface area contributed by atoms with E-state index in [9.17, 15) is 9.59 Å². The van der Waals surface area contributed by atoms with Gasteiger partial charge in [-0.15, -0.1) is 0 Å². The molecule has 0 aromatic heterocycles. The largest absolute Gasteiger partial charge is 0.455 e. The normalized spacial score (nSPS) is 10.2. The molecule has 0 atom stereocenters. The monoisotopic (exact) mass is 340 g/mol. The lowest BCUT2D eigenvalue weighted by molar-refractivity contribution is -0.147. The van der Waals surface area contributed by atoms with Gasteiger partial charge in [-0.25, -0.2) is 0 Å². The van der Waals surface area contributed by atoms with Crippen LogP contribution >= 0.6 is 0 Å². The minimum absolute atomic E-state index is 0.166. The SMILES string of the molecule is Cc1ccc(CC(=O)OCC(=O)NCc2ccc(N(C)C)cc2)cc1. The van der Waals surface area contributed by atoms with E-state index in [2.05, 4.69) is 5.32 Å². The number of carbonyl (C=O) groups excluding carboxylic acids is 2. The topological polar surface area (TPSA) is 58.6 Å². The van der Waals surface area contributed by atoms with E-state index in [1.807, 2.05) is 74.4 Å². The first-order valence-electron chi connectivity index (χ1n) is 8.18. The van der Waals surface area contributed by atoms with Crippen LogP contribution in [0.2, 0.25) is 0 Å². The van der Waals surface area contributed by atoms with Crippen LogP contribution in [-0.2, 0) is 27.3 Å². The van der Waals surface area contributed by atoms with E-state index < -0.39 is 5.97 Å². The quantitative estimate of drug-likeness (QED) is 0.787. The van der Waals surface area contributed by atoms with Crippen molar-refractivity contribution in [3.8, 4) is 0 Å². The van der Waals surface area contributed by atoms with Gasteiger partial charge >= 0.3 is 5.97 Å². The van der Waals surface area contributed by atoms with Crippen molar-refractivity contribution in [2.75, 3.05) is 25.6 Å². The first-order valence-corrected chi connectivity index (χ1v) is 8.18. The summed E-state index contributed by atoms with van der Waals surface area (Å²) in [5.74, 6) is -0.719. The van der Waals surface area contributed by atoms with E-state index >= 15 is 0 Å². The van der Waals surface area contributed by atoms with Gasteiger partial charge in [-0.3, -0.25) is 9.59 Å². The number of carbonyl (C=O) groups is 2. The number of benzene rings is 2. The standard InChI is InChI=1S/C20H24N2O3/c1-15-4-6-16(7-5-15)12-20(24)25-14-19(23)21-13-17-8-10-18(11-9-17)22(2)3/h4-11H,12-14H2,1-3H3,(H,21,23). The predicted octanol–water partition coefficient (Wildman–Crippen LogP) is 2.46. The molecule has 0 saturated heterocycles. The molecule has 0 heterocycles. The van der Waals surface area contributed by atoms with E-state index in [-0.39, 0.29) is 18.9 Å². The van der Waals surface area contributed by atoms with Crippen molar-refractivity contribution in [1.82, 2.24) is 5.32 Å². The molecule has 0 aliphatic carbocycles. The van der Waals surface area contributed by atoms with Crippen molar-refractivity contribution >= 4 is 17.6 Å². The lowest BCUT2D eigenvalue weighted by Crippen LogP contribution is -2.28. The number of hydrogen-bond donors (Lipinski definition) is 1. The number of ether oxygens (including phenoxy) is 1. The number of nitrogens with one attached hydrogen (secondary N) is 1. The number of nitrogens with zero attached hydrogens (tertiary/aromatic N) is 1. The maximum absolute atomic E-state index is 11.8. The van der Waals surface area contributed by atoms with Crippen molar-refractivity contribution in [2.24, 2.45) is 0 Å². The van der Waals surface area contributed by atoms with E-state index in [0.29, 0.717) is 6.54 Å². The van der Waals surface area contributed by atoms with E-state index in [1.54, 1.807) is 0 Å². The zero-order chi connectivity index (χ0) is 18.2. The van der Waals surface area contributed by atoms with Crippen molar-refractivity contribution in [1.29, 1.82) is 0 Å². The molecule has 132 valence electrons. The van der Waals surface area contributed by atoms with E-state index in [4.69, 9.17) is 4.74 Å². The summed E-state index contributed by atoms with van der Waals surface area (Å²) < 4.78 is 5.02. The summed E-state index contributed by atoms with van der Waals surface area (Å²) in [5, 5.41) is 2.74. The fourth-order valence-electron chi connectivity index (χ4n) is 2.23. The summed E-state index contributed by atoms with van der Waals surface area (Å²) in [6.07, 6.45) is 0.166. The highest BCUT2D eigenvalue weighted by Gasteiger charge is 2.08. The van der Waals surface area contributed by atoms with Crippen LogP contribution in [0.3, 0.4) is 0 Å². The van der Waals surface area contributed by atoms with Crippen LogP contribution in [0, 0.1) is 6.92 Å². The Morgan fingerprint density at radius 3 is 2.16 bits per heavy atom. The second-order valence-corrected chi connectivity index (χ2v) is 6.16. The van der Waals surface area contributed by atoms with Gasteiger partial charge in [0, 0.05) is 26.3 Å². The number of aryl methyl sites for hydroxylation is 1. The fraction of sp³-hybridized carbons (Fsp3) is 0.300. The van der Waals surface area contributed by atoms with Crippen molar-refractivity contribution < 1.29 is 14.3 Å². The molecule has 5 heteroatoms. The molecule has 0 saturated carbocycles. The molecule has 0 spiro atoms. The molecule has 0 aliphatic heterocycles. The highest BCUT2D eigenvalue weighted by molar-refractivity contribution is 5.81. The molecule has 2 rings (SSSR count). The first-order chi connectivity index (χ1) is 11.9. The van der Waals surface area contributed by atoms with Crippen molar-refractivity contribution in [3.05, 3.63) is 65.2 Å². The van der Waals surface area contributed by atoms with Gasteiger partial charge in [0.05, 0.1) is 6.42 Å². The van der Waals surface area contributed by atoms with Gasteiger partial charge in [0.15, 0.2) is 6.61 Å². The molecule has 0 radical (unpaired) electrons. The summed E-state index contributed by atoms with van der Waals surface area (Å²) in [6, 6.07) is 15.5.